The lowest BCUT2D eigenvalue weighted by Crippen LogP contribution is -2.02. The van der Waals surface area contributed by atoms with Crippen LogP contribution in [0, 0.1) is 0 Å². The highest BCUT2D eigenvalue weighted by Crippen LogP contribution is 2.14. The van der Waals surface area contributed by atoms with E-state index < -0.39 is 5.97 Å². The quantitative estimate of drug-likeness (QED) is 0.714. The van der Waals surface area contributed by atoms with E-state index in [1.165, 1.54) is 18.4 Å². The number of carbonyl (C=O) groups is 1. The number of carboxylic acids is 1. The van der Waals surface area contributed by atoms with Crippen LogP contribution in [0.3, 0.4) is 0 Å². The zero-order valence-electron chi connectivity index (χ0n) is 12.3. The number of rotatable bonds is 8. The highest BCUT2D eigenvalue weighted by atomic mass is 16.5. The molecule has 0 radical (unpaired) electrons. The van der Waals surface area contributed by atoms with Gasteiger partial charge in [0.1, 0.15) is 5.75 Å². The highest BCUT2D eigenvalue weighted by molar-refractivity contribution is 5.66. The van der Waals surface area contributed by atoms with Crippen molar-refractivity contribution in [3.05, 3.63) is 29.8 Å². The molecule has 1 N–H and O–H groups in total. The molecule has 0 amide bonds. The largest absolute Gasteiger partial charge is 0.494 e. The minimum absolute atomic E-state index is 0.161. The molecule has 0 aliphatic rings. The molecule has 1 aromatic rings. The van der Waals surface area contributed by atoms with E-state index in [0.717, 1.165) is 12.2 Å². The van der Waals surface area contributed by atoms with Gasteiger partial charge in [-0.1, -0.05) is 39.3 Å². The third-order valence-corrected chi connectivity index (χ3v) is 2.55. The van der Waals surface area contributed by atoms with Crippen LogP contribution in [0.25, 0.3) is 0 Å². The van der Waals surface area contributed by atoms with Crippen LogP contribution in [0.4, 0.5) is 0 Å². The molecule has 1 aromatic carbocycles. The van der Waals surface area contributed by atoms with Crippen molar-refractivity contribution in [1.82, 2.24) is 0 Å². The summed E-state index contributed by atoms with van der Waals surface area (Å²) >= 11 is 0. The molecule has 0 aliphatic carbocycles. The van der Waals surface area contributed by atoms with Crippen molar-refractivity contribution in [3.8, 4) is 5.75 Å². The van der Waals surface area contributed by atoms with E-state index in [1.54, 1.807) is 0 Å². The molecule has 0 unspecified atom stereocenters. The Bertz CT molecular complexity index is 330. The molecule has 108 valence electrons. The predicted octanol–water partition coefficient (Wildman–Crippen LogP) is 4.30. The van der Waals surface area contributed by atoms with E-state index >= 15 is 0 Å². The van der Waals surface area contributed by atoms with Gasteiger partial charge in [0, 0.05) is 6.42 Å². The van der Waals surface area contributed by atoms with Crippen LogP contribution in [-0.4, -0.2) is 17.7 Å². The van der Waals surface area contributed by atoms with Crippen molar-refractivity contribution >= 4 is 5.97 Å². The summed E-state index contributed by atoms with van der Waals surface area (Å²) < 4.78 is 5.45. The number of carboxylic acid groups (broad SMARTS) is 1. The minimum atomic E-state index is -0.775. The molecule has 0 bridgehead atoms. The van der Waals surface area contributed by atoms with Gasteiger partial charge in [0.25, 0.3) is 0 Å². The van der Waals surface area contributed by atoms with E-state index in [2.05, 4.69) is 19.1 Å². The predicted molar refractivity (Wildman–Crippen MR) is 78.8 cm³/mol. The Kier molecular flexibility index (Phi) is 10.7. The third-order valence-electron chi connectivity index (χ3n) is 2.55. The van der Waals surface area contributed by atoms with Crippen molar-refractivity contribution in [3.63, 3.8) is 0 Å². The van der Waals surface area contributed by atoms with Gasteiger partial charge in [-0.2, -0.15) is 0 Å². The van der Waals surface area contributed by atoms with Crippen molar-refractivity contribution < 1.29 is 14.6 Å². The van der Waals surface area contributed by atoms with Crippen LogP contribution in [0.1, 0.15) is 52.0 Å². The molecule has 0 fully saturated rings. The van der Waals surface area contributed by atoms with Crippen LogP contribution in [0.15, 0.2) is 24.3 Å². The third kappa shape index (κ3) is 9.11. The first-order valence-electron chi connectivity index (χ1n) is 7.16. The monoisotopic (exact) mass is 266 g/mol. The molecule has 0 aliphatic heterocycles. The molecular formula is C16H26O3. The van der Waals surface area contributed by atoms with Crippen LogP contribution < -0.4 is 4.74 Å². The molecule has 3 heteroatoms. The molecular weight excluding hydrogens is 240 g/mol. The number of aliphatic carboxylic acids is 1. The number of ether oxygens (including phenoxy) is 1. The normalized spacial score (nSPS) is 9.42. The fourth-order valence-corrected chi connectivity index (χ4v) is 1.55. The second-order valence-electron chi connectivity index (χ2n) is 4.09. The lowest BCUT2D eigenvalue weighted by Gasteiger charge is -2.06. The number of hydrogen-bond donors (Lipinski definition) is 1. The Morgan fingerprint density at radius 1 is 1.16 bits per heavy atom. The van der Waals surface area contributed by atoms with Crippen LogP contribution in [0.2, 0.25) is 0 Å². The van der Waals surface area contributed by atoms with Crippen LogP contribution in [-0.2, 0) is 11.2 Å². The van der Waals surface area contributed by atoms with E-state index in [9.17, 15) is 4.79 Å². The average molecular weight is 266 g/mol. The minimum Gasteiger partial charge on any atom is -0.494 e. The topological polar surface area (TPSA) is 46.5 Å². The smallest absolute Gasteiger partial charge is 0.303 e. The SMILES string of the molecule is CC.CCCCc1ccc(OCCCC(=O)O)cc1. The molecule has 0 saturated carbocycles. The summed E-state index contributed by atoms with van der Waals surface area (Å²) in [6.07, 6.45) is 4.23. The lowest BCUT2D eigenvalue weighted by atomic mass is 10.1. The Hall–Kier alpha value is -1.51. The summed E-state index contributed by atoms with van der Waals surface area (Å²) in [5.41, 5.74) is 1.32. The van der Waals surface area contributed by atoms with Gasteiger partial charge in [-0.25, -0.2) is 0 Å². The lowest BCUT2D eigenvalue weighted by molar-refractivity contribution is -0.137. The van der Waals surface area contributed by atoms with Gasteiger partial charge in [0.05, 0.1) is 6.61 Å². The van der Waals surface area contributed by atoms with E-state index in [4.69, 9.17) is 9.84 Å². The Morgan fingerprint density at radius 2 is 1.79 bits per heavy atom. The Labute approximate surface area is 116 Å². The number of aryl methyl sites for hydroxylation is 1. The first-order chi connectivity index (χ1) is 9.22. The van der Waals surface area contributed by atoms with Crippen molar-refractivity contribution in [1.29, 1.82) is 0 Å². The van der Waals surface area contributed by atoms with E-state index in [0.29, 0.717) is 13.0 Å². The van der Waals surface area contributed by atoms with Crippen LogP contribution >= 0.6 is 0 Å². The molecule has 0 saturated heterocycles. The summed E-state index contributed by atoms with van der Waals surface area (Å²) in [5.74, 6) is 0.0409. The maximum absolute atomic E-state index is 10.3. The van der Waals surface area contributed by atoms with Crippen molar-refractivity contribution in [2.45, 2.75) is 52.9 Å². The molecule has 0 spiro atoms. The van der Waals surface area contributed by atoms with Gasteiger partial charge < -0.3 is 9.84 Å². The van der Waals surface area contributed by atoms with Gasteiger partial charge in [-0.3, -0.25) is 4.79 Å². The second-order valence-corrected chi connectivity index (χ2v) is 4.09. The van der Waals surface area contributed by atoms with Gasteiger partial charge in [-0.15, -0.1) is 0 Å². The number of unbranched alkanes of at least 4 members (excludes halogenated alkanes) is 1. The molecule has 19 heavy (non-hydrogen) atoms. The standard InChI is InChI=1S/C14H20O3.C2H6/c1-2-3-5-12-7-9-13(10-8-12)17-11-4-6-14(15)16;1-2/h7-10H,2-6,11H2,1H3,(H,15,16);1-2H3. The van der Waals surface area contributed by atoms with E-state index in [1.807, 2.05) is 26.0 Å². The van der Waals surface area contributed by atoms with Crippen molar-refractivity contribution in [2.75, 3.05) is 6.61 Å². The van der Waals surface area contributed by atoms with Crippen LogP contribution in [0.5, 0.6) is 5.75 Å². The number of hydrogen-bond acceptors (Lipinski definition) is 2. The molecule has 1 rings (SSSR count). The fraction of sp³-hybridized carbons (Fsp3) is 0.562. The first-order valence-corrected chi connectivity index (χ1v) is 7.16. The summed E-state index contributed by atoms with van der Waals surface area (Å²) in [4.78, 5) is 10.3. The second kappa shape index (κ2) is 11.6. The maximum Gasteiger partial charge on any atom is 0.303 e. The van der Waals surface area contributed by atoms with Gasteiger partial charge in [0.2, 0.25) is 0 Å². The maximum atomic E-state index is 10.3. The summed E-state index contributed by atoms with van der Waals surface area (Å²) in [7, 11) is 0. The highest BCUT2D eigenvalue weighted by Gasteiger charge is 1.98. The zero-order chi connectivity index (χ0) is 14.5. The fourth-order valence-electron chi connectivity index (χ4n) is 1.55. The molecule has 0 heterocycles. The summed E-state index contributed by atoms with van der Waals surface area (Å²) in [6.45, 7) is 6.64. The number of benzene rings is 1. The summed E-state index contributed by atoms with van der Waals surface area (Å²) in [6, 6.07) is 8.04. The zero-order valence-corrected chi connectivity index (χ0v) is 12.3. The van der Waals surface area contributed by atoms with E-state index in [-0.39, 0.29) is 6.42 Å². The summed E-state index contributed by atoms with van der Waals surface area (Å²) in [5, 5.41) is 8.47. The Balaban J connectivity index is 0.00000154. The van der Waals surface area contributed by atoms with Gasteiger partial charge in [0.15, 0.2) is 0 Å². The molecule has 3 nitrogen and oxygen atoms in total. The molecule has 0 atom stereocenters. The first kappa shape index (κ1) is 17.5. The Morgan fingerprint density at radius 3 is 2.32 bits per heavy atom. The molecule has 0 aromatic heterocycles. The van der Waals surface area contributed by atoms with Crippen molar-refractivity contribution in [2.24, 2.45) is 0 Å². The van der Waals surface area contributed by atoms with Gasteiger partial charge >= 0.3 is 5.97 Å². The average Bonchev–Trinajstić information content (AvgIpc) is 2.44. The van der Waals surface area contributed by atoms with Gasteiger partial charge in [-0.05, 0) is 37.0 Å².